The Morgan fingerprint density at radius 2 is 1.94 bits per heavy atom. The number of pyridine rings is 1. The Bertz CT molecular complexity index is 341. The molecule has 2 rings (SSSR count). The second-order valence-corrected chi connectivity index (χ2v) is 4.68. The van der Waals surface area contributed by atoms with Crippen LogP contribution in [0.2, 0.25) is 0 Å². The van der Waals surface area contributed by atoms with Gasteiger partial charge in [0.15, 0.2) is 0 Å². The Morgan fingerprint density at radius 3 is 2.47 bits per heavy atom. The van der Waals surface area contributed by atoms with E-state index in [0.717, 1.165) is 38.5 Å². The minimum Gasteiger partial charge on any atom is -0.374 e. The molecule has 94 valence electrons. The lowest BCUT2D eigenvalue weighted by atomic mass is 10.3. The van der Waals surface area contributed by atoms with E-state index in [0.29, 0.717) is 0 Å². The van der Waals surface area contributed by atoms with E-state index in [1.54, 1.807) is 0 Å². The van der Waals surface area contributed by atoms with Gasteiger partial charge in [-0.1, -0.05) is 0 Å². The third-order valence-corrected chi connectivity index (χ3v) is 3.47. The molecule has 1 aromatic rings. The number of nitrogens with zero attached hydrogens (tertiary/aromatic N) is 4. The van der Waals surface area contributed by atoms with Crippen LogP contribution in [0.5, 0.6) is 0 Å². The molecule has 4 heteroatoms. The molecule has 1 aliphatic heterocycles. The van der Waals surface area contributed by atoms with Gasteiger partial charge >= 0.3 is 0 Å². The Morgan fingerprint density at radius 1 is 1.24 bits per heavy atom. The molecule has 1 aromatic heterocycles. The minimum atomic E-state index is 1.01. The third-order valence-electron chi connectivity index (χ3n) is 3.47. The summed E-state index contributed by atoms with van der Waals surface area (Å²) in [6.45, 7) is 7.55. The highest BCUT2D eigenvalue weighted by molar-refractivity contribution is 5.50. The van der Waals surface area contributed by atoms with Gasteiger partial charge in [-0.15, -0.1) is 0 Å². The molecule has 0 amide bonds. The highest BCUT2D eigenvalue weighted by Crippen LogP contribution is 2.17. The Kier molecular flexibility index (Phi) is 3.84. The van der Waals surface area contributed by atoms with Gasteiger partial charge in [0.25, 0.3) is 0 Å². The van der Waals surface area contributed by atoms with Crippen LogP contribution in [0.3, 0.4) is 0 Å². The molecular formula is C13H22N4. The molecule has 0 N–H and O–H groups in total. The lowest BCUT2D eigenvalue weighted by molar-refractivity contribution is 0.312. The highest BCUT2D eigenvalue weighted by Gasteiger charge is 2.14. The molecular weight excluding hydrogens is 212 g/mol. The molecule has 0 aliphatic carbocycles. The molecule has 1 fully saturated rings. The van der Waals surface area contributed by atoms with Crippen molar-refractivity contribution >= 4 is 11.5 Å². The number of hydrogen-bond donors (Lipinski definition) is 0. The maximum absolute atomic E-state index is 4.56. The molecule has 0 spiro atoms. The summed E-state index contributed by atoms with van der Waals surface area (Å²) in [5, 5.41) is 0. The Hall–Kier alpha value is -1.29. The number of hydrogen-bond acceptors (Lipinski definition) is 4. The SMILES string of the molecule is CCN(C)c1ccc(N2CCN(C)CC2)nc1. The summed E-state index contributed by atoms with van der Waals surface area (Å²) >= 11 is 0. The first-order chi connectivity index (χ1) is 8.20. The number of rotatable bonds is 3. The van der Waals surface area contributed by atoms with Crippen LogP contribution < -0.4 is 9.80 Å². The zero-order valence-electron chi connectivity index (χ0n) is 11.1. The van der Waals surface area contributed by atoms with Gasteiger partial charge in [-0.2, -0.15) is 0 Å². The van der Waals surface area contributed by atoms with Gasteiger partial charge in [-0.3, -0.25) is 0 Å². The molecule has 0 atom stereocenters. The minimum absolute atomic E-state index is 1.01. The summed E-state index contributed by atoms with van der Waals surface area (Å²) in [6, 6.07) is 4.29. The smallest absolute Gasteiger partial charge is 0.128 e. The second kappa shape index (κ2) is 5.36. The van der Waals surface area contributed by atoms with E-state index < -0.39 is 0 Å². The monoisotopic (exact) mass is 234 g/mol. The topological polar surface area (TPSA) is 22.6 Å². The summed E-state index contributed by atoms with van der Waals surface area (Å²) in [6.07, 6.45) is 1.97. The van der Waals surface area contributed by atoms with Crippen molar-refractivity contribution in [3.05, 3.63) is 18.3 Å². The quantitative estimate of drug-likeness (QED) is 0.786. The summed E-state index contributed by atoms with van der Waals surface area (Å²) in [7, 11) is 4.26. The van der Waals surface area contributed by atoms with Gasteiger partial charge < -0.3 is 14.7 Å². The van der Waals surface area contributed by atoms with Gasteiger partial charge in [0, 0.05) is 39.8 Å². The fraction of sp³-hybridized carbons (Fsp3) is 0.615. The molecule has 0 unspecified atom stereocenters. The van der Waals surface area contributed by atoms with Crippen LogP contribution in [0, 0.1) is 0 Å². The molecule has 0 bridgehead atoms. The summed E-state index contributed by atoms with van der Waals surface area (Å²) in [5.74, 6) is 1.10. The van der Waals surface area contributed by atoms with Gasteiger partial charge in [0.05, 0.1) is 11.9 Å². The predicted molar refractivity (Wildman–Crippen MR) is 72.9 cm³/mol. The molecule has 4 nitrogen and oxygen atoms in total. The van der Waals surface area contributed by atoms with Gasteiger partial charge in [0.1, 0.15) is 5.82 Å². The summed E-state index contributed by atoms with van der Waals surface area (Å²) in [5.41, 5.74) is 1.19. The largest absolute Gasteiger partial charge is 0.374 e. The van der Waals surface area contributed by atoms with Gasteiger partial charge in [-0.25, -0.2) is 4.98 Å². The molecule has 1 saturated heterocycles. The Labute approximate surface area is 104 Å². The van der Waals surface area contributed by atoms with Crippen LogP contribution in [-0.2, 0) is 0 Å². The number of anilines is 2. The molecule has 0 radical (unpaired) electrons. The van der Waals surface area contributed by atoms with Crippen molar-refractivity contribution in [1.29, 1.82) is 0 Å². The van der Waals surface area contributed by atoms with Crippen LogP contribution in [0.25, 0.3) is 0 Å². The van der Waals surface area contributed by atoms with E-state index in [1.807, 2.05) is 6.20 Å². The number of aromatic nitrogens is 1. The van der Waals surface area contributed by atoms with Crippen molar-refractivity contribution < 1.29 is 0 Å². The molecule has 0 aromatic carbocycles. The molecule has 0 saturated carbocycles. The number of likely N-dealkylation sites (N-methyl/N-ethyl adjacent to an activating group) is 1. The average Bonchev–Trinajstić information content (AvgIpc) is 2.39. The van der Waals surface area contributed by atoms with Crippen molar-refractivity contribution in [1.82, 2.24) is 9.88 Å². The van der Waals surface area contributed by atoms with E-state index in [1.165, 1.54) is 5.69 Å². The van der Waals surface area contributed by atoms with E-state index in [4.69, 9.17) is 0 Å². The first-order valence-corrected chi connectivity index (χ1v) is 6.31. The molecule has 1 aliphatic rings. The van der Waals surface area contributed by atoms with E-state index >= 15 is 0 Å². The molecule has 17 heavy (non-hydrogen) atoms. The van der Waals surface area contributed by atoms with Crippen molar-refractivity contribution in [3.63, 3.8) is 0 Å². The lowest BCUT2D eigenvalue weighted by Gasteiger charge is -2.33. The van der Waals surface area contributed by atoms with Crippen LogP contribution in [0.4, 0.5) is 11.5 Å². The van der Waals surface area contributed by atoms with Crippen LogP contribution in [0.1, 0.15) is 6.92 Å². The maximum Gasteiger partial charge on any atom is 0.128 e. The zero-order chi connectivity index (χ0) is 12.3. The molecule has 2 heterocycles. The van der Waals surface area contributed by atoms with Gasteiger partial charge in [0.2, 0.25) is 0 Å². The summed E-state index contributed by atoms with van der Waals surface area (Å²) in [4.78, 5) is 11.5. The zero-order valence-corrected chi connectivity index (χ0v) is 11.1. The van der Waals surface area contributed by atoms with Gasteiger partial charge in [-0.05, 0) is 26.1 Å². The average molecular weight is 234 g/mol. The van der Waals surface area contributed by atoms with Crippen LogP contribution in [0.15, 0.2) is 18.3 Å². The van der Waals surface area contributed by atoms with Crippen molar-refractivity contribution in [2.24, 2.45) is 0 Å². The maximum atomic E-state index is 4.56. The van der Waals surface area contributed by atoms with Crippen molar-refractivity contribution in [2.45, 2.75) is 6.92 Å². The van der Waals surface area contributed by atoms with E-state index in [9.17, 15) is 0 Å². The standard InChI is InChI=1S/C13H22N4/c1-4-16(3)12-5-6-13(14-11-12)17-9-7-15(2)8-10-17/h5-6,11H,4,7-10H2,1-3H3. The van der Waals surface area contributed by atoms with Crippen LogP contribution in [-0.4, -0.2) is 56.7 Å². The van der Waals surface area contributed by atoms with E-state index in [2.05, 4.69) is 52.8 Å². The third kappa shape index (κ3) is 2.88. The highest BCUT2D eigenvalue weighted by atomic mass is 15.3. The lowest BCUT2D eigenvalue weighted by Crippen LogP contribution is -2.44. The van der Waals surface area contributed by atoms with Crippen LogP contribution >= 0.6 is 0 Å². The van der Waals surface area contributed by atoms with Crippen molar-refractivity contribution in [3.8, 4) is 0 Å². The first-order valence-electron chi connectivity index (χ1n) is 6.31. The number of piperazine rings is 1. The predicted octanol–water partition coefficient (Wildman–Crippen LogP) is 1.29. The fourth-order valence-corrected chi connectivity index (χ4v) is 2.01. The van der Waals surface area contributed by atoms with Crippen molar-refractivity contribution in [2.75, 3.05) is 56.6 Å². The normalized spacial score (nSPS) is 17.2. The summed E-state index contributed by atoms with van der Waals surface area (Å²) < 4.78 is 0. The first kappa shape index (κ1) is 12.2. The second-order valence-electron chi connectivity index (χ2n) is 4.68. The fourth-order valence-electron chi connectivity index (χ4n) is 2.01. The van der Waals surface area contributed by atoms with E-state index in [-0.39, 0.29) is 0 Å². The Balaban J connectivity index is 2.02.